The Kier molecular flexibility index (Phi) is 9.97. The molecule has 8 nitrogen and oxygen atoms in total. The predicted molar refractivity (Wildman–Crippen MR) is 154 cm³/mol. The molecule has 2 amide bonds. The van der Waals surface area contributed by atoms with Gasteiger partial charge in [-0.1, -0.05) is 92.6 Å². The Morgan fingerprint density at radius 1 is 0.675 bits per heavy atom. The average Bonchev–Trinajstić information content (AvgIpc) is 3.26. The predicted octanol–water partition coefficient (Wildman–Crippen LogP) is 7.20. The molecule has 0 saturated carbocycles. The lowest BCUT2D eigenvalue weighted by molar-refractivity contribution is -0.127. The van der Waals surface area contributed by atoms with Crippen molar-refractivity contribution in [3.8, 4) is 17.2 Å². The number of hydrogen-bond donors (Lipinski definition) is 1. The van der Waals surface area contributed by atoms with Crippen LogP contribution in [-0.4, -0.2) is 11.8 Å². The van der Waals surface area contributed by atoms with Gasteiger partial charge in [-0.2, -0.15) is 4.57 Å². The van der Waals surface area contributed by atoms with E-state index < -0.39 is 13.7 Å². The Hall–Kier alpha value is -4.55. The van der Waals surface area contributed by atoms with Gasteiger partial charge in [0.1, 0.15) is 23.2 Å². The van der Waals surface area contributed by atoms with Gasteiger partial charge in [-0.05, 0) is 55.0 Å². The van der Waals surface area contributed by atoms with E-state index >= 15 is 0 Å². The standard InChI is InChI=1S/C18H15O4P.C13H16N2O2/c19-23(20-16-10-4-1-5-11-16,21-17-12-6-2-7-13-17)22-18-14-8-3-9-15-18;1-2-3-9-11-12(16)14-15(13(11)17)10-7-5-4-6-8-10/h1-15H;4-8,11H,2-3,9H2,1H3,(H,14,16). The van der Waals surface area contributed by atoms with E-state index in [1.54, 1.807) is 84.9 Å². The second kappa shape index (κ2) is 14.0. The maximum atomic E-state index is 13.1. The van der Waals surface area contributed by atoms with Crippen LogP contribution in [0.3, 0.4) is 0 Å². The first-order valence-corrected chi connectivity index (χ1v) is 14.5. The molecule has 1 aliphatic heterocycles. The van der Waals surface area contributed by atoms with Crippen LogP contribution >= 0.6 is 7.82 Å². The van der Waals surface area contributed by atoms with Gasteiger partial charge in [0.2, 0.25) is 0 Å². The SMILES string of the molecule is CCCCC1C(=O)NN(c2ccccc2)C1=O.O=P(Oc1ccccc1)(Oc1ccccc1)Oc1ccccc1. The number of anilines is 1. The number of amides is 2. The van der Waals surface area contributed by atoms with Crippen molar-refractivity contribution in [3.05, 3.63) is 121 Å². The highest BCUT2D eigenvalue weighted by molar-refractivity contribution is 7.49. The van der Waals surface area contributed by atoms with Crippen molar-refractivity contribution in [2.24, 2.45) is 5.92 Å². The Morgan fingerprint density at radius 2 is 1.07 bits per heavy atom. The third-order valence-corrected chi connectivity index (χ3v) is 7.10. The van der Waals surface area contributed by atoms with Crippen LogP contribution in [0.25, 0.3) is 0 Å². The topological polar surface area (TPSA) is 94.2 Å². The normalized spacial score (nSPS) is 14.5. The van der Waals surface area contributed by atoms with Crippen molar-refractivity contribution in [2.75, 3.05) is 5.01 Å². The van der Waals surface area contributed by atoms with E-state index in [9.17, 15) is 14.2 Å². The number of para-hydroxylation sites is 4. The van der Waals surface area contributed by atoms with Crippen molar-refractivity contribution in [1.82, 2.24) is 5.43 Å². The van der Waals surface area contributed by atoms with E-state index in [1.165, 1.54) is 5.01 Å². The average molecular weight is 559 g/mol. The highest BCUT2D eigenvalue weighted by atomic mass is 31.2. The molecule has 0 bridgehead atoms. The lowest BCUT2D eigenvalue weighted by Gasteiger charge is -2.19. The number of carbonyl (C=O) groups excluding carboxylic acids is 2. The lowest BCUT2D eigenvalue weighted by atomic mass is 10.0. The highest BCUT2D eigenvalue weighted by Gasteiger charge is 2.39. The summed E-state index contributed by atoms with van der Waals surface area (Å²) >= 11 is 0. The number of benzene rings is 4. The number of hydrogen-bond acceptors (Lipinski definition) is 6. The zero-order valence-electron chi connectivity index (χ0n) is 22.1. The molecule has 40 heavy (non-hydrogen) atoms. The van der Waals surface area contributed by atoms with E-state index in [2.05, 4.69) is 5.43 Å². The number of nitrogens with zero attached hydrogens (tertiary/aromatic N) is 1. The molecule has 1 unspecified atom stereocenters. The minimum Gasteiger partial charge on any atom is -0.386 e. The zero-order chi connectivity index (χ0) is 28.2. The minimum absolute atomic E-state index is 0.144. The molecule has 1 atom stereocenters. The molecule has 206 valence electrons. The van der Waals surface area contributed by atoms with Crippen LogP contribution in [0.4, 0.5) is 5.69 Å². The monoisotopic (exact) mass is 558 g/mol. The van der Waals surface area contributed by atoms with Crippen LogP contribution in [-0.2, 0) is 14.2 Å². The second-order valence-corrected chi connectivity index (χ2v) is 10.3. The number of rotatable bonds is 10. The van der Waals surface area contributed by atoms with Gasteiger partial charge in [-0.3, -0.25) is 15.0 Å². The molecule has 4 aromatic rings. The molecular weight excluding hydrogens is 527 g/mol. The molecule has 1 heterocycles. The third kappa shape index (κ3) is 7.98. The van der Waals surface area contributed by atoms with E-state index in [4.69, 9.17) is 13.6 Å². The van der Waals surface area contributed by atoms with Crippen LogP contribution < -0.4 is 24.0 Å². The zero-order valence-corrected chi connectivity index (χ0v) is 23.0. The molecule has 9 heteroatoms. The van der Waals surface area contributed by atoms with Gasteiger partial charge in [-0.15, -0.1) is 0 Å². The molecule has 5 rings (SSSR count). The molecule has 0 radical (unpaired) electrons. The Labute approximate surface area is 234 Å². The van der Waals surface area contributed by atoms with Crippen LogP contribution in [0.15, 0.2) is 121 Å². The molecule has 1 aliphatic rings. The Morgan fingerprint density at radius 3 is 1.48 bits per heavy atom. The summed E-state index contributed by atoms with van der Waals surface area (Å²) in [5, 5.41) is 1.35. The first kappa shape index (κ1) is 28.5. The summed E-state index contributed by atoms with van der Waals surface area (Å²) in [4.78, 5) is 23.8. The lowest BCUT2D eigenvalue weighted by Crippen LogP contribution is -2.35. The molecule has 0 aliphatic carbocycles. The summed E-state index contributed by atoms with van der Waals surface area (Å²) in [6.07, 6.45) is 2.51. The number of nitrogens with one attached hydrogen (secondary N) is 1. The van der Waals surface area contributed by atoms with Gasteiger partial charge in [0, 0.05) is 0 Å². The second-order valence-electron chi connectivity index (χ2n) is 8.84. The summed E-state index contributed by atoms with van der Waals surface area (Å²) < 4.78 is 29.6. The number of carbonyl (C=O) groups is 2. The Bertz CT molecular complexity index is 1300. The van der Waals surface area contributed by atoms with Crippen LogP contribution in [0.5, 0.6) is 17.2 Å². The van der Waals surface area contributed by atoms with Crippen LogP contribution in [0.2, 0.25) is 0 Å². The quantitative estimate of drug-likeness (QED) is 0.163. The van der Waals surface area contributed by atoms with Gasteiger partial charge >= 0.3 is 7.82 Å². The number of hydrazine groups is 1. The Balaban J connectivity index is 0.000000194. The summed E-state index contributed by atoms with van der Waals surface area (Å²) in [6, 6.07) is 35.5. The van der Waals surface area contributed by atoms with E-state index in [1.807, 2.05) is 43.3 Å². The number of phosphoric acid groups is 1. The molecule has 0 spiro atoms. The van der Waals surface area contributed by atoms with Crippen molar-refractivity contribution in [1.29, 1.82) is 0 Å². The first-order valence-electron chi connectivity index (χ1n) is 13.0. The summed E-state index contributed by atoms with van der Waals surface area (Å²) in [6.45, 7) is 2.05. The van der Waals surface area contributed by atoms with Crippen molar-refractivity contribution < 1.29 is 27.7 Å². The molecule has 1 fully saturated rings. The van der Waals surface area contributed by atoms with E-state index in [0.29, 0.717) is 29.4 Å². The van der Waals surface area contributed by atoms with Gasteiger partial charge in [0.05, 0.1) is 5.69 Å². The van der Waals surface area contributed by atoms with Crippen LogP contribution in [0.1, 0.15) is 26.2 Å². The molecular formula is C31H31N2O6P. The van der Waals surface area contributed by atoms with Gasteiger partial charge < -0.3 is 13.6 Å². The van der Waals surface area contributed by atoms with Crippen LogP contribution in [0, 0.1) is 5.92 Å². The van der Waals surface area contributed by atoms with Gasteiger partial charge in [0.25, 0.3) is 11.8 Å². The minimum atomic E-state index is -3.89. The summed E-state index contributed by atoms with van der Waals surface area (Å²) in [7, 11) is -3.89. The highest BCUT2D eigenvalue weighted by Crippen LogP contribution is 2.49. The third-order valence-electron chi connectivity index (χ3n) is 5.80. The largest absolute Gasteiger partial charge is 0.647 e. The summed E-state index contributed by atoms with van der Waals surface area (Å²) in [5.41, 5.74) is 3.34. The van der Waals surface area contributed by atoms with E-state index in [0.717, 1.165) is 12.8 Å². The number of unbranched alkanes of at least 4 members (excludes halogenated alkanes) is 1. The maximum Gasteiger partial charge on any atom is 0.647 e. The van der Waals surface area contributed by atoms with Gasteiger partial charge in [0.15, 0.2) is 0 Å². The smallest absolute Gasteiger partial charge is 0.386 e. The molecule has 0 aromatic heterocycles. The van der Waals surface area contributed by atoms with Crippen molar-refractivity contribution >= 4 is 25.3 Å². The maximum absolute atomic E-state index is 13.1. The summed E-state index contributed by atoms with van der Waals surface area (Å²) in [5.74, 6) is 0.366. The molecule has 1 saturated heterocycles. The van der Waals surface area contributed by atoms with Crippen molar-refractivity contribution in [3.63, 3.8) is 0 Å². The first-order chi connectivity index (χ1) is 19.5. The number of phosphoric ester groups is 1. The fraction of sp³-hybridized carbons (Fsp3) is 0.161. The molecule has 4 aromatic carbocycles. The van der Waals surface area contributed by atoms with E-state index in [-0.39, 0.29) is 11.8 Å². The van der Waals surface area contributed by atoms with Crippen molar-refractivity contribution in [2.45, 2.75) is 26.2 Å². The fourth-order valence-corrected chi connectivity index (χ4v) is 5.08. The van der Waals surface area contributed by atoms with Gasteiger partial charge in [-0.25, -0.2) is 5.01 Å². The molecule has 1 N–H and O–H groups in total. The fourth-order valence-electron chi connectivity index (χ4n) is 3.83.